The summed E-state index contributed by atoms with van der Waals surface area (Å²) in [6.45, 7) is 14.4. The van der Waals surface area contributed by atoms with E-state index >= 15 is 0 Å². The lowest BCUT2D eigenvalue weighted by molar-refractivity contribution is 0.320. The van der Waals surface area contributed by atoms with Crippen LogP contribution in [0.5, 0.6) is 0 Å². The summed E-state index contributed by atoms with van der Waals surface area (Å²) in [7, 11) is 0. The first-order valence-electron chi connectivity index (χ1n) is 7.11. The number of hydrogen-bond acceptors (Lipinski definition) is 2. The van der Waals surface area contributed by atoms with E-state index in [1.807, 2.05) is 0 Å². The number of rotatable bonds is 7. The van der Waals surface area contributed by atoms with Crippen molar-refractivity contribution in [1.29, 1.82) is 0 Å². The van der Waals surface area contributed by atoms with Crippen molar-refractivity contribution >= 4 is 0 Å². The third-order valence-corrected chi connectivity index (χ3v) is 3.35. The largest absolute Gasteiger partial charge is 0.314 e. The highest BCUT2D eigenvalue weighted by Gasteiger charge is 2.20. The zero-order valence-corrected chi connectivity index (χ0v) is 12.8. The molecule has 3 nitrogen and oxygen atoms in total. The highest BCUT2D eigenvalue weighted by Crippen LogP contribution is 2.21. The van der Waals surface area contributed by atoms with Gasteiger partial charge in [0.25, 0.3) is 0 Å². The summed E-state index contributed by atoms with van der Waals surface area (Å²) in [6.07, 6.45) is 4.25. The second-order valence-electron chi connectivity index (χ2n) is 6.42. The quantitative estimate of drug-likeness (QED) is 0.804. The van der Waals surface area contributed by atoms with E-state index in [1.54, 1.807) is 0 Å². The zero-order chi connectivity index (χ0) is 13.8. The van der Waals surface area contributed by atoms with Crippen molar-refractivity contribution in [2.45, 2.75) is 66.5 Å². The van der Waals surface area contributed by atoms with Gasteiger partial charge in [-0.25, -0.2) is 0 Å². The summed E-state index contributed by atoms with van der Waals surface area (Å²) < 4.78 is 2.08. The number of nitrogens with zero attached hydrogens (tertiary/aromatic N) is 2. The second-order valence-corrected chi connectivity index (χ2v) is 6.42. The van der Waals surface area contributed by atoms with Crippen molar-refractivity contribution in [2.24, 2.45) is 5.41 Å². The van der Waals surface area contributed by atoms with Gasteiger partial charge in [0.15, 0.2) is 0 Å². The Morgan fingerprint density at radius 2 is 2.00 bits per heavy atom. The summed E-state index contributed by atoms with van der Waals surface area (Å²) in [5.41, 5.74) is 1.45. The van der Waals surface area contributed by atoms with Crippen molar-refractivity contribution in [1.82, 2.24) is 15.1 Å². The fourth-order valence-electron chi connectivity index (χ4n) is 1.94. The first-order valence-corrected chi connectivity index (χ1v) is 7.11. The van der Waals surface area contributed by atoms with Crippen LogP contribution in [0.1, 0.15) is 59.7 Å². The van der Waals surface area contributed by atoms with Gasteiger partial charge in [-0.05, 0) is 31.2 Å². The molecular formula is C15H29N3. The van der Waals surface area contributed by atoms with Crippen molar-refractivity contribution in [2.75, 3.05) is 6.54 Å². The standard InChI is InChI=1S/C15H29N3/c1-7-13(4)18-9-8-14(17-18)10-15(5,6)11-16-12(2)3/h8-9,12-13,16H,7,10-11H2,1-6H3. The van der Waals surface area contributed by atoms with Crippen LogP contribution in [0.15, 0.2) is 12.3 Å². The maximum absolute atomic E-state index is 4.68. The maximum Gasteiger partial charge on any atom is 0.0630 e. The molecule has 1 aromatic rings. The van der Waals surface area contributed by atoms with Crippen LogP contribution in [0.25, 0.3) is 0 Å². The summed E-state index contributed by atoms with van der Waals surface area (Å²) in [4.78, 5) is 0. The molecule has 1 N–H and O–H groups in total. The molecule has 18 heavy (non-hydrogen) atoms. The SMILES string of the molecule is CCC(C)n1ccc(CC(C)(C)CNC(C)C)n1. The normalized spacial score (nSPS) is 14.2. The molecule has 1 aromatic heterocycles. The Morgan fingerprint density at radius 3 is 2.56 bits per heavy atom. The molecule has 0 saturated carbocycles. The third kappa shape index (κ3) is 4.81. The summed E-state index contributed by atoms with van der Waals surface area (Å²) in [5, 5.41) is 8.19. The zero-order valence-electron chi connectivity index (χ0n) is 12.8. The Labute approximate surface area is 112 Å². The molecule has 0 bridgehead atoms. The van der Waals surface area contributed by atoms with Crippen LogP contribution in [0.2, 0.25) is 0 Å². The van der Waals surface area contributed by atoms with Gasteiger partial charge in [-0.2, -0.15) is 5.10 Å². The molecule has 0 aromatic carbocycles. The van der Waals surface area contributed by atoms with Gasteiger partial charge in [-0.3, -0.25) is 4.68 Å². The lowest BCUT2D eigenvalue weighted by Crippen LogP contribution is -2.35. The Hall–Kier alpha value is -0.830. The molecule has 1 atom stereocenters. The minimum atomic E-state index is 0.249. The molecule has 0 aliphatic carbocycles. The van der Waals surface area contributed by atoms with E-state index in [0.29, 0.717) is 12.1 Å². The van der Waals surface area contributed by atoms with E-state index in [4.69, 9.17) is 0 Å². The molecule has 104 valence electrons. The number of hydrogen-bond donors (Lipinski definition) is 1. The van der Waals surface area contributed by atoms with Crippen molar-refractivity contribution in [3.8, 4) is 0 Å². The molecule has 0 amide bonds. The van der Waals surface area contributed by atoms with Crippen LogP contribution in [-0.4, -0.2) is 22.4 Å². The maximum atomic E-state index is 4.68. The highest BCUT2D eigenvalue weighted by molar-refractivity contribution is 5.03. The van der Waals surface area contributed by atoms with Gasteiger partial charge in [0.2, 0.25) is 0 Å². The van der Waals surface area contributed by atoms with Crippen LogP contribution < -0.4 is 5.32 Å². The van der Waals surface area contributed by atoms with Crippen molar-refractivity contribution in [3.63, 3.8) is 0 Å². The molecule has 1 rings (SSSR count). The monoisotopic (exact) mass is 251 g/mol. The molecule has 0 aliphatic rings. The summed E-state index contributed by atoms with van der Waals surface area (Å²) >= 11 is 0. The fourth-order valence-corrected chi connectivity index (χ4v) is 1.94. The molecular weight excluding hydrogens is 222 g/mol. The molecule has 0 aliphatic heterocycles. The van der Waals surface area contributed by atoms with E-state index < -0.39 is 0 Å². The van der Waals surface area contributed by atoms with E-state index in [-0.39, 0.29) is 5.41 Å². The van der Waals surface area contributed by atoms with E-state index in [9.17, 15) is 0 Å². The minimum Gasteiger partial charge on any atom is -0.314 e. The number of aromatic nitrogens is 2. The first kappa shape index (κ1) is 15.2. The molecule has 0 spiro atoms. The first-order chi connectivity index (χ1) is 8.34. The minimum absolute atomic E-state index is 0.249. The topological polar surface area (TPSA) is 29.9 Å². The van der Waals surface area contributed by atoms with E-state index in [0.717, 1.165) is 19.4 Å². The van der Waals surface area contributed by atoms with Gasteiger partial charge in [0, 0.05) is 24.8 Å². The highest BCUT2D eigenvalue weighted by atomic mass is 15.3. The molecule has 1 unspecified atom stereocenters. The number of nitrogens with one attached hydrogen (secondary N) is 1. The smallest absolute Gasteiger partial charge is 0.0630 e. The van der Waals surface area contributed by atoms with Gasteiger partial charge in [0.05, 0.1) is 5.69 Å². The predicted molar refractivity (Wildman–Crippen MR) is 77.9 cm³/mol. The lowest BCUT2D eigenvalue weighted by atomic mass is 9.87. The molecule has 0 radical (unpaired) electrons. The van der Waals surface area contributed by atoms with E-state index in [2.05, 4.69) is 68.9 Å². The van der Waals surface area contributed by atoms with Gasteiger partial charge in [0.1, 0.15) is 0 Å². The molecule has 0 fully saturated rings. The lowest BCUT2D eigenvalue weighted by Gasteiger charge is -2.25. The molecule has 0 saturated heterocycles. The van der Waals surface area contributed by atoms with Gasteiger partial charge in [-0.1, -0.05) is 34.6 Å². The molecule has 1 heterocycles. The van der Waals surface area contributed by atoms with Crippen LogP contribution in [0, 0.1) is 5.41 Å². The van der Waals surface area contributed by atoms with Crippen LogP contribution in [-0.2, 0) is 6.42 Å². The van der Waals surface area contributed by atoms with Crippen LogP contribution in [0.4, 0.5) is 0 Å². The van der Waals surface area contributed by atoms with Gasteiger partial charge in [-0.15, -0.1) is 0 Å². The Bertz CT molecular complexity index is 352. The van der Waals surface area contributed by atoms with E-state index in [1.165, 1.54) is 5.69 Å². The third-order valence-electron chi connectivity index (χ3n) is 3.35. The Kier molecular flexibility index (Phi) is 5.39. The molecule has 3 heteroatoms. The summed E-state index contributed by atoms with van der Waals surface area (Å²) in [6, 6.07) is 3.20. The van der Waals surface area contributed by atoms with Crippen molar-refractivity contribution < 1.29 is 0 Å². The van der Waals surface area contributed by atoms with Gasteiger partial charge >= 0.3 is 0 Å². The fraction of sp³-hybridized carbons (Fsp3) is 0.800. The second kappa shape index (κ2) is 6.37. The summed E-state index contributed by atoms with van der Waals surface area (Å²) in [5.74, 6) is 0. The Balaban J connectivity index is 2.58. The van der Waals surface area contributed by atoms with Crippen LogP contribution >= 0.6 is 0 Å². The average molecular weight is 251 g/mol. The van der Waals surface area contributed by atoms with Crippen molar-refractivity contribution in [3.05, 3.63) is 18.0 Å². The Morgan fingerprint density at radius 1 is 1.33 bits per heavy atom. The predicted octanol–water partition coefficient (Wildman–Crippen LogP) is 3.42. The van der Waals surface area contributed by atoms with Crippen LogP contribution in [0.3, 0.4) is 0 Å². The van der Waals surface area contributed by atoms with Gasteiger partial charge < -0.3 is 5.32 Å². The average Bonchev–Trinajstić information content (AvgIpc) is 2.73.